The van der Waals surface area contributed by atoms with E-state index in [0.29, 0.717) is 22.4 Å². The van der Waals surface area contributed by atoms with Gasteiger partial charge in [0, 0.05) is 12.6 Å². The van der Waals surface area contributed by atoms with Crippen molar-refractivity contribution in [3.63, 3.8) is 0 Å². The molecule has 38 heavy (non-hydrogen) atoms. The van der Waals surface area contributed by atoms with E-state index in [4.69, 9.17) is 4.74 Å². The van der Waals surface area contributed by atoms with Crippen LogP contribution >= 0.6 is 0 Å². The molecule has 0 spiro atoms. The van der Waals surface area contributed by atoms with Crippen molar-refractivity contribution in [2.24, 2.45) is 0 Å². The Kier molecular flexibility index (Phi) is 7.62. The van der Waals surface area contributed by atoms with E-state index >= 15 is 0 Å². The van der Waals surface area contributed by atoms with Crippen molar-refractivity contribution in [3.8, 4) is 5.75 Å². The summed E-state index contributed by atoms with van der Waals surface area (Å²) in [5.41, 5.74) is 2.72. The van der Waals surface area contributed by atoms with Crippen molar-refractivity contribution in [2.45, 2.75) is 50.9 Å². The molecule has 2 amide bonds. The maximum atomic E-state index is 14.0. The lowest BCUT2D eigenvalue weighted by molar-refractivity contribution is -0.142. The van der Waals surface area contributed by atoms with E-state index in [9.17, 15) is 14.0 Å². The zero-order valence-electron chi connectivity index (χ0n) is 21.2. The average Bonchev–Trinajstić information content (AvgIpc) is 3.60. The van der Waals surface area contributed by atoms with Crippen molar-refractivity contribution < 1.29 is 18.7 Å². The van der Waals surface area contributed by atoms with Gasteiger partial charge in [0.1, 0.15) is 29.7 Å². The molecule has 1 unspecified atom stereocenters. The molecule has 1 atom stereocenters. The normalized spacial score (nSPS) is 14.4. The number of ether oxygens (including phenoxy) is 1. The Morgan fingerprint density at radius 2 is 1.84 bits per heavy atom. The second-order valence-corrected chi connectivity index (χ2v) is 9.55. The molecule has 4 aromatic rings. The van der Waals surface area contributed by atoms with Gasteiger partial charge >= 0.3 is 0 Å². The Balaban J connectivity index is 1.54. The predicted octanol–water partition coefficient (Wildman–Crippen LogP) is 4.41. The third kappa shape index (κ3) is 5.66. The summed E-state index contributed by atoms with van der Waals surface area (Å²) in [6, 6.07) is 19.7. The summed E-state index contributed by atoms with van der Waals surface area (Å²) in [4.78, 5) is 29.4. The van der Waals surface area contributed by atoms with Crippen molar-refractivity contribution >= 4 is 22.8 Å². The van der Waals surface area contributed by atoms with E-state index < -0.39 is 6.04 Å². The van der Waals surface area contributed by atoms with E-state index in [-0.39, 0.29) is 36.8 Å². The van der Waals surface area contributed by atoms with Crippen LogP contribution in [-0.2, 0) is 22.7 Å². The van der Waals surface area contributed by atoms with Gasteiger partial charge in [-0.2, -0.15) is 0 Å². The highest BCUT2D eigenvalue weighted by Crippen LogP contribution is 2.29. The zero-order valence-corrected chi connectivity index (χ0v) is 21.2. The number of para-hydroxylation sites is 1. The molecule has 9 heteroatoms. The number of nitrogens with zero attached hydrogens (tertiary/aromatic N) is 4. The largest absolute Gasteiger partial charge is 0.497 e. The first-order valence-electron chi connectivity index (χ1n) is 12.8. The maximum absolute atomic E-state index is 14.0. The smallest absolute Gasteiger partial charge is 0.247 e. The molecule has 0 aliphatic heterocycles. The van der Waals surface area contributed by atoms with E-state index in [0.717, 1.165) is 31.2 Å². The van der Waals surface area contributed by atoms with Crippen molar-refractivity contribution in [1.82, 2.24) is 25.2 Å². The Bertz CT molecular complexity index is 1420. The number of benzene rings is 3. The lowest BCUT2D eigenvalue weighted by atomic mass is 10.0. The maximum Gasteiger partial charge on any atom is 0.247 e. The van der Waals surface area contributed by atoms with Crippen LogP contribution in [-0.4, -0.2) is 44.9 Å². The summed E-state index contributed by atoms with van der Waals surface area (Å²) >= 11 is 0. The van der Waals surface area contributed by atoms with Gasteiger partial charge in [0.2, 0.25) is 11.8 Å². The van der Waals surface area contributed by atoms with Crippen molar-refractivity contribution in [1.29, 1.82) is 0 Å². The minimum absolute atomic E-state index is 0.0673. The molecular formula is C29H30FN5O3. The quantitative estimate of drug-likeness (QED) is 0.357. The first-order valence-corrected chi connectivity index (χ1v) is 12.8. The number of nitrogens with one attached hydrogen (secondary N) is 1. The standard InChI is InChI=1S/C29H30FN5O3/c1-38-24-10-6-7-21(17-24)28(29(37)31-23-8-2-3-9-23)34(18-20-13-15-22(30)16-14-20)27(36)19-35-26-12-5-4-11-25(26)32-33-35/h4-7,10-17,23,28H,2-3,8-9,18-19H2,1H3,(H,31,37). The molecule has 0 bridgehead atoms. The molecule has 5 rings (SSSR count). The van der Waals surface area contributed by atoms with Crippen molar-refractivity contribution in [2.75, 3.05) is 7.11 Å². The van der Waals surface area contributed by atoms with Crippen LogP contribution in [0.15, 0.2) is 72.8 Å². The number of rotatable bonds is 9. The van der Waals surface area contributed by atoms with Crippen LogP contribution in [0.4, 0.5) is 4.39 Å². The molecule has 1 aromatic heterocycles. The fourth-order valence-corrected chi connectivity index (χ4v) is 5.00. The number of aromatic nitrogens is 3. The average molecular weight is 516 g/mol. The molecular weight excluding hydrogens is 485 g/mol. The summed E-state index contributed by atoms with van der Waals surface area (Å²) in [6.45, 7) is -0.00933. The second kappa shape index (κ2) is 11.4. The van der Waals surface area contributed by atoms with Gasteiger partial charge in [0.05, 0.1) is 12.6 Å². The van der Waals surface area contributed by atoms with Crippen LogP contribution in [0, 0.1) is 5.82 Å². The Morgan fingerprint density at radius 1 is 1.08 bits per heavy atom. The molecule has 1 aliphatic rings. The first-order chi connectivity index (χ1) is 18.5. The van der Waals surface area contributed by atoms with Crippen LogP contribution in [0.2, 0.25) is 0 Å². The molecule has 1 N–H and O–H groups in total. The highest BCUT2D eigenvalue weighted by Gasteiger charge is 2.34. The van der Waals surface area contributed by atoms with Gasteiger partial charge in [-0.25, -0.2) is 9.07 Å². The number of hydrogen-bond acceptors (Lipinski definition) is 5. The molecule has 1 fully saturated rings. The number of carbonyl (C=O) groups excluding carboxylic acids is 2. The van der Waals surface area contributed by atoms with Crippen LogP contribution in [0.1, 0.15) is 42.9 Å². The van der Waals surface area contributed by atoms with E-state index in [1.165, 1.54) is 21.7 Å². The van der Waals surface area contributed by atoms with Gasteiger partial charge in [-0.1, -0.05) is 54.5 Å². The number of hydrogen-bond donors (Lipinski definition) is 1. The molecule has 1 heterocycles. The highest BCUT2D eigenvalue weighted by atomic mass is 19.1. The molecule has 3 aromatic carbocycles. The van der Waals surface area contributed by atoms with Gasteiger partial charge in [-0.15, -0.1) is 5.10 Å². The van der Waals surface area contributed by atoms with Gasteiger partial charge in [0.15, 0.2) is 0 Å². The van der Waals surface area contributed by atoms with Gasteiger partial charge < -0.3 is 15.0 Å². The molecule has 196 valence electrons. The summed E-state index contributed by atoms with van der Waals surface area (Å²) in [5, 5.41) is 11.5. The molecule has 1 saturated carbocycles. The number of halogens is 1. The number of fused-ring (bicyclic) bond motifs is 1. The van der Waals surface area contributed by atoms with Crippen molar-refractivity contribution in [3.05, 3.63) is 89.7 Å². The monoisotopic (exact) mass is 515 g/mol. The Morgan fingerprint density at radius 3 is 2.61 bits per heavy atom. The SMILES string of the molecule is COc1cccc(C(C(=O)NC2CCCC2)N(Cc2ccc(F)cc2)C(=O)Cn2nnc3ccccc32)c1. The number of amides is 2. The van der Waals surface area contributed by atoms with Crippen LogP contribution in [0.25, 0.3) is 11.0 Å². The zero-order chi connectivity index (χ0) is 26.5. The third-order valence-corrected chi connectivity index (χ3v) is 6.96. The summed E-state index contributed by atoms with van der Waals surface area (Å²) < 4.78 is 20.6. The number of carbonyl (C=O) groups is 2. The fraction of sp³-hybridized carbons (Fsp3) is 0.310. The molecule has 8 nitrogen and oxygen atoms in total. The lowest BCUT2D eigenvalue weighted by Crippen LogP contribution is -2.46. The molecule has 0 saturated heterocycles. The predicted molar refractivity (Wildman–Crippen MR) is 141 cm³/mol. The molecule has 1 aliphatic carbocycles. The van der Waals surface area contributed by atoms with Crippen LogP contribution in [0.5, 0.6) is 5.75 Å². The Labute approximate surface area is 220 Å². The van der Waals surface area contributed by atoms with Gasteiger partial charge in [0.25, 0.3) is 0 Å². The third-order valence-electron chi connectivity index (χ3n) is 6.96. The fourth-order valence-electron chi connectivity index (χ4n) is 5.00. The summed E-state index contributed by atoms with van der Waals surface area (Å²) in [7, 11) is 1.56. The molecule has 0 radical (unpaired) electrons. The number of methoxy groups -OCH3 is 1. The van der Waals surface area contributed by atoms with Crippen LogP contribution < -0.4 is 10.1 Å². The highest BCUT2D eigenvalue weighted by molar-refractivity contribution is 5.89. The van der Waals surface area contributed by atoms with Gasteiger partial charge in [-0.05, 0) is 60.4 Å². The summed E-state index contributed by atoms with van der Waals surface area (Å²) in [5.74, 6) is -0.370. The van der Waals surface area contributed by atoms with E-state index in [1.54, 1.807) is 37.4 Å². The topological polar surface area (TPSA) is 89.4 Å². The second-order valence-electron chi connectivity index (χ2n) is 9.55. The lowest BCUT2D eigenvalue weighted by Gasteiger charge is -2.32. The minimum Gasteiger partial charge on any atom is -0.497 e. The van der Waals surface area contributed by atoms with Crippen LogP contribution in [0.3, 0.4) is 0 Å². The van der Waals surface area contributed by atoms with Gasteiger partial charge in [-0.3, -0.25) is 9.59 Å². The van der Waals surface area contributed by atoms with E-state index in [1.807, 2.05) is 30.3 Å². The Hall–Kier alpha value is -4.27. The minimum atomic E-state index is -0.932. The van der Waals surface area contributed by atoms with E-state index in [2.05, 4.69) is 15.6 Å². The first kappa shape index (κ1) is 25.4. The summed E-state index contributed by atoms with van der Waals surface area (Å²) in [6.07, 6.45) is 3.94.